The zero-order valence-corrected chi connectivity index (χ0v) is 26.2. The van der Waals surface area contributed by atoms with Gasteiger partial charge in [-0.15, -0.1) is 0 Å². The molecule has 0 unspecified atom stereocenters. The van der Waals surface area contributed by atoms with Crippen LogP contribution in [0.3, 0.4) is 0 Å². The Morgan fingerprint density at radius 3 is 2.49 bits per heavy atom. The average Bonchev–Trinajstić information content (AvgIpc) is 3.48. The number of likely N-dealkylation sites (tertiary alicyclic amines) is 1. The van der Waals surface area contributed by atoms with Gasteiger partial charge in [-0.1, -0.05) is 20.4 Å². The number of rotatable bonds is 5. The Balaban J connectivity index is 0.00000308. The Kier molecular flexibility index (Phi) is 8.70. The summed E-state index contributed by atoms with van der Waals surface area (Å²) >= 11 is 0. The van der Waals surface area contributed by atoms with Crippen molar-refractivity contribution in [2.45, 2.75) is 103 Å². The average molecular weight is 610 g/mol. The van der Waals surface area contributed by atoms with Crippen molar-refractivity contribution in [3.8, 4) is 0 Å². The van der Waals surface area contributed by atoms with Crippen molar-refractivity contribution in [3.05, 3.63) is 12.7 Å². The van der Waals surface area contributed by atoms with E-state index in [2.05, 4.69) is 31.4 Å². The van der Waals surface area contributed by atoms with E-state index in [1.54, 1.807) is 6.92 Å². The maximum absolute atomic E-state index is 12.5. The van der Waals surface area contributed by atoms with Gasteiger partial charge in [0.2, 0.25) is 0 Å². The molecule has 4 saturated carbocycles. The Labute approximate surface area is 247 Å². The predicted octanol–water partition coefficient (Wildman–Crippen LogP) is 1.41. The van der Waals surface area contributed by atoms with Gasteiger partial charge in [-0.05, 0) is 73.7 Å². The standard InChI is InChI=1S/C32H53N2O4.BrH/c1-5-14-34(15-6-7-16-34)28-20-26-24-9-8-23-19-29(36)27(33-12-17-37-18-13-33)21-32(23,4)25(24)10-11-31(26,3)30(28)38-22(2)35;/h5,23-30,36H,1,6-21H2,2-4H3;1H/q+1;/p-1/t23-,24+,25-,26-,27-,28-,29-,30-,31-,32-;/m1./s1. The Bertz CT molecular complexity index is 905. The van der Waals surface area contributed by atoms with E-state index in [-0.39, 0.29) is 52.0 Å². The van der Waals surface area contributed by atoms with E-state index in [4.69, 9.17) is 9.47 Å². The number of esters is 1. The van der Waals surface area contributed by atoms with Gasteiger partial charge in [0.25, 0.3) is 0 Å². The molecule has 2 heterocycles. The second-order valence-electron chi connectivity index (χ2n) is 14.6. The van der Waals surface area contributed by atoms with Gasteiger partial charge >= 0.3 is 5.97 Å². The molecule has 2 saturated heterocycles. The van der Waals surface area contributed by atoms with E-state index in [1.165, 1.54) is 51.6 Å². The fourth-order valence-corrected chi connectivity index (χ4v) is 11.3. The zero-order chi connectivity index (χ0) is 26.7. The highest BCUT2D eigenvalue weighted by molar-refractivity contribution is 5.66. The SMILES string of the molecule is C=CC[N+]1([C@@H]2C[C@@H]3[C@H]4CC[C@@H]5C[C@@H](O)[C@H](N6CCOCC6)C[C@@]5(C)[C@@H]4CC[C@@]3(C)[C@@H]2OC(C)=O)CCCC1.[Br-]. The molecular formula is C32H53BrN2O4. The summed E-state index contributed by atoms with van der Waals surface area (Å²) in [6.45, 7) is 17.7. The first kappa shape index (κ1) is 30.0. The molecule has 4 aliphatic carbocycles. The van der Waals surface area contributed by atoms with Gasteiger partial charge in [-0.25, -0.2) is 0 Å². The molecule has 10 atom stereocenters. The number of aliphatic hydroxyl groups excluding tert-OH is 1. The van der Waals surface area contributed by atoms with Crippen LogP contribution in [-0.2, 0) is 14.3 Å². The summed E-state index contributed by atoms with van der Waals surface area (Å²) in [6.07, 6.45) is 12.7. The highest BCUT2D eigenvalue weighted by atomic mass is 79.9. The minimum atomic E-state index is -0.209. The lowest BCUT2D eigenvalue weighted by Gasteiger charge is -2.62. The molecule has 7 heteroatoms. The molecule has 6 rings (SSSR count). The van der Waals surface area contributed by atoms with E-state index >= 15 is 0 Å². The molecule has 1 N–H and O–H groups in total. The maximum atomic E-state index is 12.5. The van der Waals surface area contributed by atoms with Crippen LogP contribution in [0.1, 0.15) is 78.6 Å². The van der Waals surface area contributed by atoms with Gasteiger partial charge in [0.1, 0.15) is 6.04 Å². The fraction of sp³-hybridized carbons (Fsp3) is 0.906. The lowest BCUT2D eigenvalue weighted by atomic mass is 9.44. The van der Waals surface area contributed by atoms with Gasteiger partial charge < -0.3 is 36.0 Å². The van der Waals surface area contributed by atoms with Crippen molar-refractivity contribution in [1.82, 2.24) is 4.90 Å². The number of hydrogen-bond acceptors (Lipinski definition) is 5. The molecule has 6 nitrogen and oxygen atoms in total. The van der Waals surface area contributed by atoms with Crippen molar-refractivity contribution < 1.29 is 40.8 Å². The van der Waals surface area contributed by atoms with Crippen molar-refractivity contribution in [2.24, 2.45) is 34.5 Å². The van der Waals surface area contributed by atoms with Gasteiger partial charge in [-0.3, -0.25) is 9.69 Å². The number of nitrogens with zero attached hydrogens (tertiary/aromatic N) is 2. The summed E-state index contributed by atoms with van der Waals surface area (Å²) in [4.78, 5) is 15.0. The van der Waals surface area contributed by atoms with Crippen molar-refractivity contribution in [3.63, 3.8) is 0 Å². The van der Waals surface area contributed by atoms with Crippen LogP contribution in [-0.4, -0.2) is 90.7 Å². The summed E-state index contributed by atoms with van der Waals surface area (Å²) in [5.41, 5.74) is 0.343. The molecule has 0 bridgehead atoms. The summed E-state index contributed by atoms with van der Waals surface area (Å²) in [5.74, 6) is 2.54. The molecular weight excluding hydrogens is 556 g/mol. The first-order valence-electron chi connectivity index (χ1n) is 15.9. The first-order chi connectivity index (χ1) is 18.2. The largest absolute Gasteiger partial charge is 1.00 e. The number of halogens is 1. The van der Waals surface area contributed by atoms with Crippen molar-refractivity contribution in [1.29, 1.82) is 0 Å². The third-order valence-electron chi connectivity index (χ3n) is 13.1. The lowest BCUT2D eigenvalue weighted by molar-refractivity contribution is -0.937. The molecule has 39 heavy (non-hydrogen) atoms. The summed E-state index contributed by atoms with van der Waals surface area (Å²) in [6, 6.07) is 0.663. The van der Waals surface area contributed by atoms with Gasteiger partial charge in [-0.2, -0.15) is 0 Å². The Morgan fingerprint density at radius 2 is 1.82 bits per heavy atom. The highest BCUT2D eigenvalue weighted by Gasteiger charge is 2.67. The molecule has 6 fully saturated rings. The topological polar surface area (TPSA) is 59.0 Å². The Morgan fingerprint density at radius 1 is 1.10 bits per heavy atom. The van der Waals surface area contributed by atoms with E-state index in [0.29, 0.717) is 29.7 Å². The quantitative estimate of drug-likeness (QED) is 0.291. The number of hydrogen-bond donors (Lipinski definition) is 1. The minimum absolute atomic E-state index is 0. The molecule has 0 aromatic carbocycles. The smallest absolute Gasteiger partial charge is 0.303 e. The highest BCUT2D eigenvalue weighted by Crippen LogP contribution is 2.67. The molecule has 0 radical (unpaired) electrons. The van der Waals surface area contributed by atoms with E-state index in [0.717, 1.165) is 56.6 Å². The van der Waals surface area contributed by atoms with E-state index in [9.17, 15) is 9.90 Å². The van der Waals surface area contributed by atoms with Crippen LogP contribution in [0, 0.1) is 34.5 Å². The Hall–Kier alpha value is -0.470. The number of quaternary nitrogens is 1. The third-order valence-corrected chi connectivity index (χ3v) is 13.1. The number of ether oxygens (including phenoxy) is 2. The number of aliphatic hydroxyl groups is 1. The zero-order valence-electron chi connectivity index (χ0n) is 24.7. The van der Waals surface area contributed by atoms with Crippen LogP contribution >= 0.6 is 0 Å². The number of fused-ring (bicyclic) bond motifs is 5. The number of carbonyl (C=O) groups excluding carboxylic acids is 1. The second-order valence-corrected chi connectivity index (χ2v) is 14.6. The molecule has 0 spiro atoms. The predicted molar refractivity (Wildman–Crippen MR) is 148 cm³/mol. The third kappa shape index (κ3) is 4.88. The minimum Gasteiger partial charge on any atom is -1.00 e. The fourth-order valence-electron chi connectivity index (χ4n) is 11.3. The summed E-state index contributed by atoms with van der Waals surface area (Å²) in [5, 5.41) is 11.3. The molecule has 2 aliphatic heterocycles. The number of morpholine rings is 1. The van der Waals surface area contributed by atoms with Gasteiger partial charge in [0, 0.05) is 50.7 Å². The first-order valence-corrected chi connectivity index (χ1v) is 15.9. The molecule has 0 aromatic rings. The monoisotopic (exact) mass is 608 g/mol. The van der Waals surface area contributed by atoms with Crippen LogP contribution in [0.4, 0.5) is 0 Å². The normalized spacial score (nSPS) is 47.3. The van der Waals surface area contributed by atoms with E-state index < -0.39 is 0 Å². The van der Waals surface area contributed by atoms with Crippen LogP contribution in [0.2, 0.25) is 0 Å². The molecule has 0 aromatic heterocycles. The van der Waals surface area contributed by atoms with Crippen LogP contribution in [0.5, 0.6) is 0 Å². The molecule has 6 aliphatic rings. The van der Waals surface area contributed by atoms with Gasteiger partial charge in [0.15, 0.2) is 6.10 Å². The van der Waals surface area contributed by atoms with Crippen LogP contribution < -0.4 is 17.0 Å². The van der Waals surface area contributed by atoms with Crippen LogP contribution in [0.25, 0.3) is 0 Å². The van der Waals surface area contributed by atoms with Crippen molar-refractivity contribution >= 4 is 5.97 Å². The second kappa shape index (κ2) is 11.3. The molecule has 222 valence electrons. The van der Waals surface area contributed by atoms with Crippen LogP contribution in [0.15, 0.2) is 12.7 Å². The molecule has 0 amide bonds. The summed E-state index contributed by atoms with van der Waals surface area (Å²) < 4.78 is 13.1. The summed E-state index contributed by atoms with van der Waals surface area (Å²) in [7, 11) is 0. The van der Waals surface area contributed by atoms with Crippen molar-refractivity contribution in [2.75, 3.05) is 45.9 Å². The van der Waals surface area contributed by atoms with Gasteiger partial charge in [0.05, 0.1) is 39.0 Å². The lowest BCUT2D eigenvalue weighted by Crippen LogP contribution is -3.00. The van der Waals surface area contributed by atoms with E-state index in [1.807, 2.05) is 0 Å². The maximum Gasteiger partial charge on any atom is 0.303 e. The number of carbonyl (C=O) groups is 1.